The molecule has 18 heavy (non-hydrogen) atoms. The SMILES string of the molecule is CCCC[C@H](NC1CC2(CCCCC2)C1)C(=O)O. The Hall–Kier alpha value is -0.570. The van der Waals surface area contributed by atoms with Gasteiger partial charge in [0, 0.05) is 6.04 Å². The van der Waals surface area contributed by atoms with Gasteiger partial charge in [0.1, 0.15) is 6.04 Å². The van der Waals surface area contributed by atoms with Crippen molar-refractivity contribution in [2.45, 2.75) is 83.2 Å². The number of hydrogen-bond donors (Lipinski definition) is 2. The molecule has 3 nitrogen and oxygen atoms in total. The second kappa shape index (κ2) is 6.05. The molecule has 2 aliphatic rings. The molecule has 1 atom stereocenters. The van der Waals surface area contributed by atoms with Crippen LogP contribution in [0, 0.1) is 5.41 Å². The van der Waals surface area contributed by atoms with Crippen LogP contribution in [0.4, 0.5) is 0 Å². The van der Waals surface area contributed by atoms with Crippen LogP contribution in [0.5, 0.6) is 0 Å². The van der Waals surface area contributed by atoms with Crippen molar-refractivity contribution in [1.29, 1.82) is 0 Å². The molecule has 0 aromatic heterocycles. The van der Waals surface area contributed by atoms with Gasteiger partial charge in [0.2, 0.25) is 0 Å². The first-order chi connectivity index (χ1) is 8.65. The summed E-state index contributed by atoms with van der Waals surface area (Å²) in [6.45, 7) is 2.11. The summed E-state index contributed by atoms with van der Waals surface area (Å²) in [6, 6.07) is 0.136. The highest BCUT2D eigenvalue weighted by molar-refractivity contribution is 5.73. The highest BCUT2D eigenvalue weighted by atomic mass is 16.4. The van der Waals surface area contributed by atoms with E-state index >= 15 is 0 Å². The molecule has 0 radical (unpaired) electrons. The van der Waals surface area contributed by atoms with E-state index in [1.54, 1.807) is 0 Å². The molecule has 0 amide bonds. The summed E-state index contributed by atoms with van der Waals surface area (Å²) in [7, 11) is 0. The first-order valence-electron chi connectivity index (χ1n) is 7.64. The quantitative estimate of drug-likeness (QED) is 0.763. The summed E-state index contributed by atoms with van der Waals surface area (Å²) in [5.41, 5.74) is 0.587. The van der Waals surface area contributed by atoms with E-state index in [1.807, 2.05) is 0 Å². The molecule has 0 unspecified atom stereocenters. The minimum Gasteiger partial charge on any atom is -0.480 e. The zero-order chi connectivity index (χ0) is 13.0. The van der Waals surface area contributed by atoms with Gasteiger partial charge in [-0.05, 0) is 37.5 Å². The molecule has 3 heteroatoms. The zero-order valence-corrected chi connectivity index (χ0v) is 11.6. The van der Waals surface area contributed by atoms with Crippen LogP contribution in [-0.2, 0) is 4.79 Å². The summed E-state index contributed by atoms with van der Waals surface area (Å²) in [5.74, 6) is -0.673. The Labute approximate surface area is 110 Å². The van der Waals surface area contributed by atoms with E-state index in [9.17, 15) is 9.90 Å². The molecule has 0 saturated heterocycles. The first-order valence-corrected chi connectivity index (χ1v) is 7.64. The van der Waals surface area contributed by atoms with Crippen LogP contribution >= 0.6 is 0 Å². The van der Waals surface area contributed by atoms with E-state index in [-0.39, 0.29) is 6.04 Å². The maximum atomic E-state index is 11.2. The van der Waals surface area contributed by atoms with Crippen molar-refractivity contribution in [1.82, 2.24) is 5.32 Å². The van der Waals surface area contributed by atoms with E-state index < -0.39 is 5.97 Å². The summed E-state index contributed by atoms with van der Waals surface area (Å²) in [4.78, 5) is 11.2. The lowest BCUT2D eigenvalue weighted by molar-refractivity contribution is -0.140. The van der Waals surface area contributed by atoms with Crippen LogP contribution in [0.25, 0.3) is 0 Å². The molecule has 104 valence electrons. The van der Waals surface area contributed by atoms with Crippen LogP contribution in [0.1, 0.15) is 71.1 Å². The maximum Gasteiger partial charge on any atom is 0.320 e. The molecule has 0 bridgehead atoms. The lowest BCUT2D eigenvalue weighted by Crippen LogP contribution is -2.54. The monoisotopic (exact) mass is 253 g/mol. The van der Waals surface area contributed by atoms with Crippen LogP contribution in [-0.4, -0.2) is 23.2 Å². The minimum absolute atomic E-state index is 0.323. The molecule has 0 aromatic rings. The second-order valence-corrected chi connectivity index (χ2v) is 6.37. The van der Waals surface area contributed by atoms with Crippen molar-refractivity contribution in [2.24, 2.45) is 5.41 Å². The lowest BCUT2D eigenvalue weighted by Gasteiger charge is -2.51. The Kier molecular flexibility index (Phi) is 4.66. The predicted molar refractivity (Wildman–Crippen MR) is 72.6 cm³/mol. The zero-order valence-electron chi connectivity index (χ0n) is 11.6. The number of unbranched alkanes of at least 4 members (excludes halogenated alkanes) is 1. The fraction of sp³-hybridized carbons (Fsp3) is 0.933. The van der Waals surface area contributed by atoms with Gasteiger partial charge < -0.3 is 10.4 Å². The number of carboxylic acids is 1. The Balaban J connectivity index is 1.75. The Morgan fingerprint density at radius 2 is 2.00 bits per heavy atom. The van der Waals surface area contributed by atoms with Crippen LogP contribution < -0.4 is 5.32 Å². The van der Waals surface area contributed by atoms with Gasteiger partial charge in [-0.25, -0.2) is 0 Å². The van der Waals surface area contributed by atoms with E-state index in [1.165, 1.54) is 44.9 Å². The maximum absolute atomic E-state index is 11.2. The third kappa shape index (κ3) is 3.25. The molecule has 2 fully saturated rings. The summed E-state index contributed by atoms with van der Waals surface area (Å²) in [5, 5.41) is 12.6. The number of hydrogen-bond acceptors (Lipinski definition) is 2. The number of carbonyl (C=O) groups is 1. The molecular weight excluding hydrogens is 226 g/mol. The van der Waals surface area contributed by atoms with Crippen molar-refractivity contribution >= 4 is 5.97 Å². The van der Waals surface area contributed by atoms with E-state index in [4.69, 9.17) is 0 Å². The highest BCUT2D eigenvalue weighted by Gasteiger charge is 2.45. The van der Waals surface area contributed by atoms with Gasteiger partial charge in [-0.1, -0.05) is 39.0 Å². The largest absolute Gasteiger partial charge is 0.480 e. The number of nitrogens with one attached hydrogen (secondary N) is 1. The standard InChI is InChI=1S/C15H27NO2/c1-2-3-7-13(14(17)18)16-12-10-15(11-12)8-5-4-6-9-15/h12-13,16H,2-11H2,1H3,(H,17,18)/t13-/m0/s1. The summed E-state index contributed by atoms with van der Waals surface area (Å²) >= 11 is 0. The average molecular weight is 253 g/mol. The lowest BCUT2D eigenvalue weighted by atomic mass is 9.58. The highest BCUT2D eigenvalue weighted by Crippen LogP contribution is 2.51. The molecule has 0 heterocycles. The van der Waals surface area contributed by atoms with Gasteiger partial charge >= 0.3 is 5.97 Å². The van der Waals surface area contributed by atoms with Crippen LogP contribution in [0.15, 0.2) is 0 Å². The van der Waals surface area contributed by atoms with Gasteiger partial charge in [0.15, 0.2) is 0 Å². The van der Waals surface area contributed by atoms with Crippen LogP contribution in [0.3, 0.4) is 0 Å². The predicted octanol–water partition coefficient (Wildman–Crippen LogP) is 3.33. The van der Waals surface area contributed by atoms with Gasteiger partial charge in [-0.2, -0.15) is 0 Å². The first kappa shape index (κ1) is 13.9. The Bertz CT molecular complexity index is 276. The van der Waals surface area contributed by atoms with Crippen molar-refractivity contribution in [2.75, 3.05) is 0 Å². The number of carboxylic acid groups (broad SMARTS) is 1. The van der Waals surface area contributed by atoms with Gasteiger partial charge in [-0.3, -0.25) is 4.79 Å². The smallest absolute Gasteiger partial charge is 0.320 e. The molecule has 0 aromatic carbocycles. The normalized spacial score (nSPS) is 24.7. The fourth-order valence-corrected chi connectivity index (χ4v) is 3.78. The van der Waals surface area contributed by atoms with E-state index in [0.717, 1.165) is 19.3 Å². The molecule has 1 spiro atoms. The van der Waals surface area contributed by atoms with Crippen molar-refractivity contribution in [3.63, 3.8) is 0 Å². The van der Waals surface area contributed by atoms with E-state index in [2.05, 4.69) is 12.2 Å². The molecule has 2 rings (SSSR count). The molecule has 0 aliphatic heterocycles. The topological polar surface area (TPSA) is 49.3 Å². The summed E-state index contributed by atoms with van der Waals surface area (Å²) < 4.78 is 0. The molecule has 2 saturated carbocycles. The second-order valence-electron chi connectivity index (χ2n) is 6.37. The van der Waals surface area contributed by atoms with Gasteiger partial charge in [0.25, 0.3) is 0 Å². The minimum atomic E-state index is -0.673. The van der Waals surface area contributed by atoms with E-state index in [0.29, 0.717) is 11.5 Å². The fourth-order valence-electron chi connectivity index (χ4n) is 3.78. The van der Waals surface area contributed by atoms with Gasteiger partial charge in [-0.15, -0.1) is 0 Å². The third-order valence-corrected chi connectivity index (χ3v) is 4.85. The number of rotatable bonds is 6. The average Bonchev–Trinajstić information content (AvgIpc) is 2.33. The Morgan fingerprint density at radius 3 is 2.56 bits per heavy atom. The number of aliphatic carboxylic acids is 1. The van der Waals surface area contributed by atoms with Gasteiger partial charge in [0.05, 0.1) is 0 Å². The van der Waals surface area contributed by atoms with Crippen molar-refractivity contribution in [3.05, 3.63) is 0 Å². The Morgan fingerprint density at radius 1 is 1.33 bits per heavy atom. The third-order valence-electron chi connectivity index (χ3n) is 4.85. The van der Waals surface area contributed by atoms with Crippen molar-refractivity contribution in [3.8, 4) is 0 Å². The molecular formula is C15H27NO2. The van der Waals surface area contributed by atoms with Crippen molar-refractivity contribution < 1.29 is 9.90 Å². The van der Waals surface area contributed by atoms with Crippen LogP contribution in [0.2, 0.25) is 0 Å². The summed E-state index contributed by atoms with van der Waals surface area (Å²) in [6.07, 6.45) is 12.2. The molecule has 2 aliphatic carbocycles. The molecule has 2 N–H and O–H groups in total.